The van der Waals surface area contributed by atoms with Gasteiger partial charge in [0.05, 0.1) is 12.1 Å². The predicted molar refractivity (Wildman–Crippen MR) is 96.1 cm³/mol. The zero-order valence-electron chi connectivity index (χ0n) is 14.4. The quantitative estimate of drug-likeness (QED) is 0.669. The summed E-state index contributed by atoms with van der Waals surface area (Å²) in [5.41, 5.74) is 1.22. The highest BCUT2D eigenvalue weighted by Gasteiger charge is 2.30. The molecule has 1 heterocycles. The Morgan fingerprint density at radius 1 is 1.04 bits per heavy atom. The van der Waals surface area contributed by atoms with Crippen LogP contribution in [0.15, 0.2) is 65.6 Å². The maximum atomic E-state index is 13.0. The number of rotatable bonds is 3. The molecule has 0 aliphatic rings. The zero-order chi connectivity index (χ0) is 19.6. The molecule has 0 spiro atoms. The van der Waals surface area contributed by atoms with Gasteiger partial charge >= 0.3 is 6.18 Å². The summed E-state index contributed by atoms with van der Waals surface area (Å²) in [6.45, 7) is 2.17. The molecule has 27 heavy (non-hydrogen) atoms. The first kappa shape index (κ1) is 18.5. The summed E-state index contributed by atoms with van der Waals surface area (Å²) in [5, 5.41) is 9.26. The third kappa shape index (κ3) is 4.09. The molecule has 0 fully saturated rings. The Balaban J connectivity index is 2.09. The lowest BCUT2D eigenvalue weighted by Crippen LogP contribution is -2.23. The molecule has 1 aromatic heterocycles. The molecule has 3 nitrogen and oxygen atoms in total. The van der Waals surface area contributed by atoms with E-state index in [9.17, 15) is 23.2 Å². The van der Waals surface area contributed by atoms with Gasteiger partial charge in [0.2, 0.25) is 0 Å². The van der Waals surface area contributed by atoms with Gasteiger partial charge in [0, 0.05) is 6.20 Å². The molecule has 6 heteroatoms. The van der Waals surface area contributed by atoms with E-state index in [4.69, 9.17) is 0 Å². The second-order valence-corrected chi connectivity index (χ2v) is 6.25. The van der Waals surface area contributed by atoms with Crippen LogP contribution in [-0.2, 0) is 12.7 Å². The molecular weight excluding hydrogens is 353 g/mol. The number of hydrogen-bond donors (Lipinski definition) is 0. The molecule has 0 N–H and O–H groups in total. The number of pyridine rings is 1. The highest BCUT2D eigenvalue weighted by atomic mass is 19.4. The van der Waals surface area contributed by atoms with Crippen molar-refractivity contribution in [1.29, 1.82) is 5.26 Å². The summed E-state index contributed by atoms with van der Waals surface area (Å²) >= 11 is 0. The number of nitriles is 1. The van der Waals surface area contributed by atoms with E-state index in [1.54, 1.807) is 0 Å². The largest absolute Gasteiger partial charge is 0.416 e. The summed E-state index contributed by atoms with van der Waals surface area (Å²) < 4.78 is 40.3. The lowest BCUT2D eigenvalue weighted by molar-refractivity contribution is -0.137. The van der Waals surface area contributed by atoms with Gasteiger partial charge in [0.25, 0.3) is 5.56 Å². The van der Waals surface area contributed by atoms with Crippen molar-refractivity contribution in [3.63, 3.8) is 0 Å². The van der Waals surface area contributed by atoms with Crippen LogP contribution < -0.4 is 5.56 Å². The van der Waals surface area contributed by atoms with E-state index in [2.05, 4.69) is 0 Å². The van der Waals surface area contributed by atoms with Crippen molar-refractivity contribution in [2.45, 2.75) is 19.6 Å². The highest BCUT2D eigenvalue weighted by molar-refractivity contribution is 5.65. The van der Waals surface area contributed by atoms with Gasteiger partial charge in [-0.2, -0.15) is 18.4 Å². The normalized spacial score (nSPS) is 11.2. The molecule has 0 amide bonds. The minimum Gasteiger partial charge on any atom is -0.309 e. The third-order valence-electron chi connectivity index (χ3n) is 4.20. The van der Waals surface area contributed by atoms with Gasteiger partial charge in [-0.1, -0.05) is 42.0 Å². The summed E-state index contributed by atoms with van der Waals surface area (Å²) in [4.78, 5) is 12.4. The van der Waals surface area contributed by atoms with Crippen LogP contribution >= 0.6 is 0 Å². The fraction of sp³-hybridized carbons (Fsp3) is 0.143. The topological polar surface area (TPSA) is 45.8 Å². The van der Waals surface area contributed by atoms with E-state index in [0.29, 0.717) is 11.1 Å². The molecule has 136 valence electrons. The van der Waals surface area contributed by atoms with Gasteiger partial charge in [-0.25, -0.2) is 0 Å². The van der Waals surface area contributed by atoms with E-state index < -0.39 is 17.3 Å². The number of hydrogen-bond acceptors (Lipinski definition) is 2. The highest BCUT2D eigenvalue weighted by Crippen LogP contribution is 2.32. The van der Waals surface area contributed by atoms with Crippen molar-refractivity contribution in [2.24, 2.45) is 0 Å². The minimum atomic E-state index is -4.47. The number of alkyl halides is 3. The van der Waals surface area contributed by atoms with E-state index in [-0.39, 0.29) is 12.1 Å². The van der Waals surface area contributed by atoms with Crippen LogP contribution in [0.25, 0.3) is 11.1 Å². The van der Waals surface area contributed by atoms with Gasteiger partial charge in [-0.05, 0) is 41.8 Å². The summed E-state index contributed by atoms with van der Waals surface area (Å²) in [7, 11) is 0. The van der Waals surface area contributed by atoms with Gasteiger partial charge in [0.15, 0.2) is 0 Å². The molecule has 0 unspecified atom stereocenters. The maximum Gasteiger partial charge on any atom is 0.416 e. The van der Waals surface area contributed by atoms with E-state index in [1.165, 1.54) is 29.0 Å². The Morgan fingerprint density at radius 2 is 1.74 bits per heavy atom. The monoisotopic (exact) mass is 368 g/mol. The molecular formula is C21H15F3N2O. The predicted octanol–water partition coefficient (Wildman–Crippen LogP) is 4.76. The van der Waals surface area contributed by atoms with E-state index in [0.717, 1.165) is 23.3 Å². The summed E-state index contributed by atoms with van der Waals surface area (Å²) in [6, 6.07) is 15.5. The molecule has 3 rings (SSSR count). The smallest absolute Gasteiger partial charge is 0.309 e. The molecule has 0 atom stereocenters. The van der Waals surface area contributed by atoms with Crippen LogP contribution in [0.2, 0.25) is 0 Å². The fourth-order valence-corrected chi connectivity index (χ4v) is 2.76. The molecule has 0 bridgehead atoms. The van der Waals surface area contributed by atoms with Crippen molar-refractivity contribution < 1.29 is 13.2 Å². The van der Waals surface area contributed by atoms with Crippen LogP contribution in [0, 0.1) is 18.3 Å². The molecule has 0 saturated heterocycles. The Kier molecular flexibility index (Phi) is 4.87. The van der Waals surface area contributed by atoms with Crippen molar-refractivity contribution in [2.75, 3.05) is 0 Å². The maximum absolute atomic E-state index is 13.0. The number of benzene rings is 2. The number of halogens is 3. The zero-order valence-corrected chi connectivity index (χ0v) is 14.4. The second-order valence-electron chi connectivity index (χ2n) is 6.25. The average molecular weight is 368 g/mol. The van der Waals surface area contributed by atoms with Crippen LogP contribution in [0.4, 0.5) is 13.2 Å². The standard InChI is InChI=1S/C21H15F3N2O/c1-14-5-7-15(8-6-14)12-26-13-18(9-17(11-25)20(26)27)16-3-2-4-19(10-16)21(22,23)24/h2-10,13H,12H2,1H3. The first-order chi connectivity index (χ1) is 12.8. The van der Waals surface area contributed by atoms with Gasteiger partial charge in [-0.15, -0.1) is 0 Å². The molecule has 0 saturated carbocycles. The lowest BCUT2D eigenvalue weighted by Gasteiger charge is -2.12. The van der Waals surface area contributed by atoms with Gasteiger partial charge < -0.3 is 4.57 Å². The molecule has 2 aromatic carbocycles. The molecule has 0 aliphatic carbocycles. The molecule has 3 aromatic rings. The van der Waals surface area contributed by atoms with Crippen molar-refractivity contribution >= 4 is 0 Å². The van der Waals surface area contributed by atoms with Crippen LogP contribution in [-0.4, -0.2) is 4.57 Å². The Labute approximate surface area is 153 Å². The first-order valence-electron chi connectivity index (χ1n) is 8.16. The lowest BCUT2D eigenvalue weighted by atomic mass is 10.0. The third-order valence-corrected chi connectivity index (χ3v) is 4.20. The van der Waals surface area contributed by atoms with Crippen molar-refractivity contribution in [3.8, 4) is 17.2 Å². The number of nitrogens with zero attached hydrogens (tertiary/aromatic N) is 2. The molecule has 0 radical (unpaired) electrons. The van der Waals surface area contributed by atoms with Crippen LogP contribution in [0.5, 0.6) is 0 Å². The number of aryl methyl sites for hydroxylation is 1. The minimum absolute atomic E-state index is 0.114. The fourth-order valence-electron chi connectivity index (χ4n) is 2.76. The average Bonchev–Trinajstić information content (AvgIpc) is 2.64. The Hall–Kier alpha value is -3.33. The Morgan fingerprint density at radius 3 is 2.37 bits per heavy atom. The first-order valence-corrected chi connectivity index (χ1v) is 8.16. The van der Waals surface area contributed by atoms with Gasteiger partial charge in [0.1, 0.15) is 11.6 Å². The van der Waals surface area contributed by atoms with E-state index in [1.807, 2.05) is 37.3 Å². The summed E-state index contributed by atoms with van der Waals surface area (Å²) in [6.07, 6.45) is -2.98. The van der Waals surface area contributed by atoms with Gasteiger partial charge in [-0.3, -0.25) is 4.79 Å². The summed E-state index contributed by atoms with van der Waals surface area (Å²) in [5.74, 6) is 0. The van der Waals surface area contributed by atoms with Crippen molar-refractivity contribution in [1.82, 2.24) is 4.57 Å². The second kappa shape index (κ2) is 7.12. The number of aromatic nitrogens is 1. The van der Waals surface area contributed by atoms with Crippen LogP contribution in [0.1, 0.15) is 22.3 Å². The molecule has 0 aliphatic heterocycles. The Bertz CT molecular complexity index is 1070. The van der Waals surface area contributed by atoms with Crippen LogP contribution in [0.3, 0.4) is 0 Å². The SMILES string of the molecule is Cc1ccc(Cn2cc(-c3cccc(C(F)(F)F)c3)cc(C#N)c2=O)cc1. The van der Waals surface area contributed by atoms with E-state index >= 15 is 0 Å². The van der Waals surface area contributed by atoms with Crippen molar-refractivity contribution in [3.05, 3.63) is 93.4 Å².